The van der Waals surface area contributed by atoms with Gasteiger partial charge in [0.05, 0.1) is 11.3 Å². The lowest BCUT2D eigenvalue weighted by Gasteiger charge is -2.32. The van der Waals surface area contributed by atoms with Crippen molar-refractivity contribution < 1.29 is 23.1 Å². The van der Waals surface area contributed by atoms with E-state index in [9.17, 15) is 18.3 Å². The number of nitrogens with zero attached hydrogens (tertiary/aromatic N) is 2. The topological polar surface area (TPSA) is 113 Å². The van der Waals surface area contributed by atoms with Crippen molar-refractivity contribution in [3.8, 4) is 0 Å². The monoisotopic (exact) mass is 585 g/mol. The van der Waals surface area contributed by atoms with Crippen molar-refractivity contribution in [2.75, 3.05) is 11.4 Å². The Bertz CT molecular complexity index is 1650. The van der Waals surface area contributed by atoms with Crippen LogP contribution in [0.2, 0.25) is 0 Å². The molecule has 0 amide bonds. The van der Waals surface area contributed by atoms with E-state index in [-0.39, 0.29) is 16.5 Å². The van der Waals surface area contributed by atoms with Gasteiger partial charge in [0.15, 0.2) is 5.60 Å². The molecule has 2 heterocycles. The maximum absolute atomic E-state index is 13.8. The summed E-state index contributed by atoms with van der Waals surface area (Å²) in [5.74, 6) is -1.28. The Morgan fingerprint density at radius 2 is 1.55 bits per heavy atom. The number of cyclic esters (lactones) is 1. The highest BCUT2D eigenvalue weighted by molar-refractivity contribution is 7.92. The summed E-state index contributed by atoms with van der Waals surface area (Å²) in [6, 6.07) is 26.3. The molecule has 0 saturated carbocycles. The molecule has 4 aromatic rings. The van der Waals surface area contributed by atoms with Crippen molar-refractivity contribution in [2.45, 2.75) is 50.3 Å². The number of H-pyrrole nitrogens is 1. The summed E-state index contributed by atoms with van der Waals surface area (Å²) in [6.45, 7) is 5.95. The van der Waals surface area contributed by atoms with Crippen molar-refractivity contribution >= 4 is 21.7 Å². The highest BCUT2D eigenvalue weighted by Gasteiger charge is 2.52. The summed E-state index contributed by atoms with van der Waals surface area (Å²) in [5, 5.41) is 11.9. The first-order valence-electron chi connectivity index (χ1n) is 13.8. The number of hydrogen-bond donors (Lipinski definition) is 2. The number of sulfonamides is 1. The SMILES string of the molecule is CN(c1cccc(C(C2=C(O)C(Cc3ccccc3)(Cc3ccccc3)OC2=O)C(C)(C)C)c1)S(=O)(=O)c1ncc[nH]1. The molecule has 8 nitrogen and oxygen atoms in total. The molecule has 3 aromatic carbocycles. The molecule has 0 radical (unpaired) electrons. The molecule has 42 heavy (non-hydrogen) atoms. The first-order chi connectivity index (χ1) is 19.9. The number of aliphatic hydroxyl groups excluding tert-OH is 1. The largest absolute Gasteiger partial charge is 0.507 e. The van der Waals surface area contributed by atoms with Gasteiger partial charge in [0.25, 0.3) is 10.0 Å². The Kier molecular flexibility index (Phi) is 7.72. The fraction of sp³-hybridized carbons (Fsp3) is 0.273. The van der Waals surface area contributed by atoms with Crippen molar-refractivity contribution in [1.82, 2.24) is 9.97 Å². The van der Waals surface area contributed by atoms with E-state index in [2.05, 4.69) is 9.97 Å². The minimum Gasteiger partial charge on any atom is -0.507 e. The molecule has 0 aliphatic carbocycles. The van der Waals surface area contributed by atoms with Crippen LogP contribution in [0, 0.1) is 5.41 Å². The van der Waals surface area contributed by atoms with Crippen LogP contribution in [0.4, 0.5) is 5.69 Å². The van der Waals surface area contributed by atoms with Gasteiger partial charge in [-0.1, -0.05) is 93.6 Å². The van der Waals surface area contributed by atoms with Crippen LogP contribution in [-0.4, -0.2) is 42.1 Å². The smallest absolute Gasteiger partial charge is 0.339 e. The number of imidazole rings is 1. The predicted octanol–water partition coefficient (Wildman–Crippen LogP) is 5.96. The summed E-state index contributed by atoms with van der Waals surface area (Å²) in [6.07, 6.45) is 3.42. The second kappa shape index (κ2) is 11.1. The molecule has 9 heteroatoms. The predicted molar refractivity (Wildman–Crippen MR) is 162 cm³/mol. The Labute approximate surface area is 246 Å². The molecular formula is C33H35N3O5S. The molecular weight excluding hydrogens is 550 g/mol. The number of aromatic amines is 1. The number of esters is 1. The zero-order valence-corrected chi connectivity index (χ0v) is 24.9. The van der Waals surface area contributed by atoms with E-state index in [0.29, 0.717) is 24.1 Å². The zero-order valence-electron chi connectivity index (χ0n) is 24.1. The van der Waals surface area contributed by atoms with Crippen LogP contribution in [0.1, 0.15) is 43.4 Å². The second-order valence-corrected chi connectivity index (χ2v) is 13.6. The van der Waals surface area contributed by atoms with Gasteiger partial charge in [-0.2, -0.15) is 8.42 Å². The summed E-state index contributed by atoms with van der Waals surface area (Å²) in [5.41, 5.74) is 1.26. The van der Waals surface area contributed by atoms with Gasteiger partial charge in [-0.25, -0.2) is 9.78 Å². The lowest BCUT2D eigenvalue weighted by molar-refractivity contribution is -0.148. The number of rotatable bonds is 9. The molecule has 1 aliphatic heterocycles. The quantitative estimate of drug-likeness (QED) is 0.235. The van der Waals surface area contributed by atoms with Gasteiger partial charge in [0, 0.05) is 38.2 Å². The summed E-state index contributed by atoms with van der Waals surface area (Å²) in [4.78, 5) is 20.4. The van der Waals surface area contributed by atoms with Gasteiger partial charge in [0.2, 0.25) is 5.16 Å². The number of ether oxygens (including phenoxy) is 1. The number of aliphatic hydroxyl groups is 1. The van der Waals surface area contributed by atoms with E-state index in [1.54, 1.807) is 18.2 Å². The van der Waals surface area contributed by atoms with Gasteiger partial charge in [-0.15, -0.1) is 0 Å². The minimum atomic E-state index is -3.94. The number of benzene rings is 3. The Balaban J connectivity index is 1.62. The third kappa shape index (κ3) is 5.56. The Morgan fingerprint density at radius 3 is 2.07 bits per heavy atom. The molecule has 218 valence electrons. The average molecular weight is 586 g/mol. The molecule has 1 aliphatic rings. The number of carbonyl (C=O) groups excluding carboxylic acids is 1. The maximum Gasteiger partial charge on any atom is 0.339 e. The Hall–Kier alpha value is -4.37. The lowest BCUT2D eigenvalue weighted by atomic mass is 9.71. The standard InChI is InChI=1S/C33H35N3O5S/c1-32(2,3)28(25-16-11-17-26(20-25)36(4)42(39,40)31-34-18-19-35-31)27-29(37)33(41-30(27)38,21-23-12-7-5-8-13-23)22-24-14-9-6-10-15-24/h5-20,28,37H,21-22H2,1-4H3,(H,34,35). The fourth-order valence-corrected chi connectivity index (χ4v) is 6.75. The molecule has 0 fully saturated rings. The summed E-state index contributed by atoms with van der Waals surface area (Å²) in [7, 11) is -2.49. The number of nitrogens with one attached hydrogen (secondary N) is 1. The third-order valence-electron chi connectivity index (χ3n) is 7.66. The van der Waals surface area contributed by atoms with Crippen LogP contribution in [0.5, 0.6) is 0 Å². The van der Waals surface area contributed by atoms with E-state index in [0.717, 1.165) is 15.4 Å². The van der Waals surface area contributed by atoms with Crippen LogP contribution in [0.3, 0.4) is 0 Å². The molecule has 1 atom stereocenters. The van der Waals surface area contributed by atoms with Crippen molar-refractivity contribution in [1.29, 1.82) is 0 Å². The molecule has 0 saturated heterocycles. The minimum absolute atomic E-state index is 0.0953. The highest BCUT2D eigenvalue weighted by atomic mass is 32.2. The van der Waals surface area contributed by atoms with Crippen molar-refractivity contribution in [3.63, 3.8) is 0 Å². The van der Waals surface area contributed by atoms with Crippen molar-refractivity contribution in [2.24, 2.45) is 5.41 Å². The van der Waals surface area contributed by atoms with Gasteiger partial charge in [0.1, 0.15) is 5.76 Å². The molecule has 1 aromatic heterocycles. The first kappa shape index (κ1) is 29.1. The lowest BCUT2D eigenvalue weighted by Crippen LogP contribution is -2.37. The van der Waals surface area contributed by atoms with Gasteiger partial charge in [-0.3, -0.25) is 4.31 Å². The van der Waals surface area contributed by atoms with E-state index in [4.69, 9.17) is 4.74 Å². The van der Waals surface area contributed by atoms with Crippen LogP contribution >= 0.6 is 0 Å². The third-order valence-corrected chi connectivity index (χ3v) is 9.30. The molecule has 5 rings (SSSR count). The number of carbonyl (C=O) groups is 1. The molecule has 0 spiro atoms. The zero-order chi connectivity index (χ0) is 30.1. The number of hydrogen-bond acceptors (Lipinski definition) is 6. The van der Waals surface area contributed by atoms with Gasteiger partial charge in [-0.05, 0) is 34.2 Å². The maximum atomic E-state index is 13.8. The van der Waals surface area contributed by atoms with Crippen LogP contribution in [0.15, 0.2) is 114 Å². The first-order valence-corrected chi connectivity index (χ1v) is 15.2. The normalized spacial score (nSPS) is 15.9. The van der Waals surface area contributed by atoms with Crippen LogP contribution < -0.4 is 4.31 Å². The van der Waals surface area contributed by atoms with E-state index >= 15 is 0 Å². The van der Waals surface area contributed by atoms with Crippen LogP contribution in [-0.2, 0) is 32.4 Å². The molecule has 2 N–H and O–H groups in total. The Morgan fingerprint density at radius 1 is 0.952 bits per heavy atom. The van der Waals surface area contributed by atoms with Gasteiger partial charge < -0.3 is 14.8 Å². The van der Waals surface area contributed by atoms with E-state index < -0.39 is 32.9 Å². The van der Waals surface area contributed by atoms with Gasteiger partial charge >= 0.3 is 5.97 Å². The molecule has 1 unspecified atom stereocenters. The van der Waals surface area contributed by atoms with E-state index in [1.807, 2.05) is 87.5 Å². The van der Waals surface area contributed by atoms with Crippen LogP contribution in [0.25, 0.3) is 0 Å². The average Bonchev–Trinajstić information content (AvgIpc) is 3.58. The summed E-state index contributed by atoms with van der Waals surface area (Å²) >= 11 is 0. The van der Waals surface area contributed by atoms with E-state index in [1.165, 1.54) is 19.4 Å². The summed E-state index contributed by atoms with van der Waals surface area (Å²) < 4.78 is 33.7. The molecule has 0 bridgehead atoms. The number of aromatic nitrogens is 2. The fourth-order valence-electron chi connectivity index (χ4n) is 5.69. The second-order valence-electron chi connectivity index (χ2n) is 11.7. The van der Waals surface area contributed by atoms with Crippen molar-refractivity contribution in [3.05, 3.63) is 125 Å². The number of anilines is 1. The highest BCUT2D eigenvalue weighted by Crippen LogP contribution is 2.49.